The number of hydrogen-bond donors (Lipinski definition) is 3. The minimum Gasteiger partial charge on any atom is -0.345 e. The van der Waals surface area contributed by atoms with E-state index in [1.54, 1.807) is 13.0 Å². The molecule has 1 atom stereocenters. The monoisotopic (exact) mass is 372 g/mol. The van der Waals surface area contributed by atoms with Gasteiger partial charge in [-0.25, -0.2) is 4.79 Å². The third kappa shape index (κ3) is 3.94. The highest BCUT2D eigenvalue weighted by molar-refractivity contribution is 6.09. The Balaban J connectivity index is 1.50. The summed E-state index contributed by atoms with van der Waals surface area (Å²) in [7, 11) is 0. The van der Waals surface area contributed by atoms with E-state index in [2.05, 4.69) is 16.0 Å². The molecule has 0 spiro atoms. The lowest BCUT2D eigenvalue weighted by Gasteiger charge is -2.20. The minimum atomic E-state index is -0.918. The van der Waals surface area contributed by atoms with Gasteiger partial charge in [0.2, 0.25) is 11.8 Å². The van der Waals surface area contributed by atoms with Gasteiger partial charge in [-0.15, -0.1) is 0 Å². The van der Waals surface area contributed by atoms with E-state index in [4.69, 9.17) is 0 Å². The fraction of sp³-hybridized carbons (Fsp3) is 0.474. The lowest BCUT2D eigenvalue weighted by Crippen LogP contribution is -2.47. The Bertz CT molecular complexity index is 790. The molecule has 8 heteroatoms. The predicted molar refractivity (Wildman–Crippen MR) is 98.8 cm³/mol. The van der Waals surface area contributed by atoms with Crippen molar-refractivity contribution in [3.05, 3.63) is 29.8 Å². The first-order chi connectivity index (χ1) is 12.8. The summed E-state index contributed by atoms with van der Waals surface area (Å²) in [5, 5.41) is 7.89. The minimum absolute atomic E-state index is 0.131. The molecule has 1 aromatic rings. The molecule has 0 aromatic heterocycles. The quantitative estimate of drug-likeness (QED) is 0.621. The first-order valence-electron chi connectivity index (χ1n) is 9.13. The Morgan fingerprint density at radius 2 is 1.93 bits per heavy atom. The molecular weight excluding hydrogens is 348 g/mol. The van der Waals surface area contributed by atoms with Crippen molar-refractivity contribution in [1.82, 2.24) is 15.5 Å². The highest BCUT2D eigenvalue weighted by atomic mass is 16.2. The first kappa shape index (κ1) is 18.9. The number of nitrogens with zero attached hydrogens (tertiary/aromatic N) is 1. The molecule has 0 unspecified atom stereocenters. The Hall–Kier alpha value is -2.90. The number of hydrogen-bond acceptors (Lipinski definition) is 4. The number of imide groups is 1. The molecule has 0 radical (unpaired) electrons. The number of amides is 5. The van der Waals surface area contributed by atoms with Gasteiger partial charge in [0.15, 0.2) is 0 Å². The van der Waals surface area contributed by atoms with E-state index >= 15 is 0 Å². The van der Waals surface area contributed by atoms with Gasteiger partial charge in [-0.2, -0.15) is 0 Å². The highest BCUT2D eigenvalue weighted by Crippen LogP contribution is 2.42. The molecule has 2 fully saturated rings. The summed E-state index contributed by atoms with van der Waals surface area (Å²) in [6.07, 6.45) is 2.55. The molecule has 1 heterocycles. The topological polar surface area (TPSA) is 108 Å². The highest BCUT2D eigenvalue weighted by Gasteiger charge is 2.56. The standard InChI is InChI=1S/C19H24N4O4/c1-3-12-6-4-5-7-14(12)21-15(24)10-20-16(25)11-23-17(26)19(2,13-8-9-13)22-18(23)27/h4-7,13H,3,8-11H2,1-2H3,(H,20,25)(H,21,24)(H,22,27)/t19-/m1/s1. The molecule has 5 amide bonds. The molecule has 1 saturated carbocycles. The fourth-order valence-corrected chi connectivity index (χ4v) is 3.32. The van der Waals surface area contributed by atoms with E-state index in [9.17, 15) is 19.2 Å². The van der Waals surface area contributed by atoms with Crippen molar-refractivity contribution in [2.24, 2.45) is 5.92 Å². The second-order valence-corrected chi connectivity index (χ2v) is 7.13. The zero-order chi connectivity index (χ0) is 19.6. The zero-order valence-electron chi connectivity index (χ0n) is 15.5. The molecule has 3 rings (SSSR count). The average Bonchev–Trinajstić information content (AvgIpc) is 3.47. The Labute approximate surface area is 157 Å². The summed E-state index contributed by atoms with van der Waals surface area (Å²) in [6.45, 7) is 3.05. The third-order valence-electron chi connectivity index (χ3n) is 5.12. The SMILES string of the molecule is CCc1ccccc1NC(=O)CNC(=O)CN1C(=O)N[C@](C)(C2CC2)C1=O. The maximum atomic E-state index is 12.5. The van der Waals surface area contributed by atoms with E-state index in [0.717, 1.165) is 29.7 Å². The van der Waals surface area contributed by atoms with Crippen LogP contribution in [0.2, 0.25) is 0 Å². The largest absolute Gasteiger partial charge is 0.345 e. The summed E-state index contributed by atoms with van der Waals surface area (Å²) < 4.78 is 0. The molecule has 1 saturated heterocycles. The van der Waals surface area contributed by atoms with Crippen molar-refractivity contribution in [1.29, 1.82) is 0 Å². The van der Waals surface area contributed by atoms with Crippen LogP contribution >= 0.6 is 0 Å². The van der Waals surface area contributed by atoms with Gasteiger partial charge >= 0.3 is 6.03 Å². The van der Waals surface area contributed by atoms with E-state index in [-0.39, 0.29) is 24.3 Å². The Kier molecular flexibility index (Phi) is 5.16. The summed E-state index contributed by atoms with van der Waals surface area (Å²) in [6, 6.07) is 6.87. The lowest BCUT2D eigenvalue weighted by atomic mass is 9.96. The smallest absolute Gasteiger partial charge is 0.325 e. The van der Waals surface area contributed by atoms with Crippen LogP contribution in [0.25, 0.3) is 0 Å². The van der Waals surface area contributed by atoms with Crippen LogP contribution in [0.3, 0.4) is 0 Å². The molecule has 0 bridgehead atoms. The van der Waals surface area contributed by atoms with Gasteiger partial charge in [-0.3, -0.25) is 19.3 Å². The molecule has 8 nitrogen and oxygen atoms in total. The van der Waals surface area contributed by atoms with Crippen molar-refractivity contribution < 1.29 is 19.2 Å². The number of rotatable bonds is 7. The molecule has 1 aromatic carbocycles. The zero-order valence-corrected chi connectivity index (χ0v) is 15.5. The van der Waals surface area contributed by atoms with Crippen molar-refractivity contribution in [2.75, 3.05) is 18.4 Å². The fourth-order valence-electron chi connectivity index (χ4n) is 3.32. The summed E-state index contributed by atoms with van der Waals surface area (Å²) in [4.78, 5) is 49.6. The van der Waals surface area contributed by atoms with Crippen molar-refractivity contribution >= 4 is 29.4 Å². The number of anilines is 1. The Morgan fingerprint density at radius 1 is 1.22 bits per heavy atom. The average molecular weight is 372 g/mol. The maximum absolute atomic E-state index is 12.5. The van der Waals surface area contributed by atoms with Crippen LogP contribution in [0.15, 0.2) is 24.3 Å². The molecule has 1 aliphatic heterocycles. The molecule has 3 N–H and O–H groups in total. The number of aryl methyl sites for hydroxylation is 1. The van der Waals surface area contributed by atoms with Gasteiger partial charge in [0.25, 0.3) is 5.91 Å². The molecule has 144 valence electrons. The van der Waals surface area contributed by atoms with Crippen LogP contribution < -0.4 is 16.0 Å². The van der Waals surface area contributed by atoms with Crippen molar-refractivity contribution in [3.63, 3.8) is 0 Å². The predicted octanol–water partition coefficient (Wildman–Crippen LogP) is 1.02. The number of para-hydroxylation sites is 1. The number of nitrogens with one attached hydrogen (secondary N) is 3. The van der Waals surface area contributed by atoms with Gasteiger partial charge in [-0.1, -0.05) is 25.1 Å². The van der Waals surface area contributed by atoms with Gasteiger partial charge < -0.3 is 16.0 Å². The summed E-state index contributed by atoms with van der Waals surface area (Å²) in [5.41, 5.74) is 0.780. The van der Waals surface area contributed by atoms with Crippen LogP contribution in [0.5, 0.6) is 0 Å². The van der Waals surface area contributed by atoms with Gasteiger partial charge in [0.1, 0.15) is 12.1 Å². The lowest BCUT2D eigenvalue weighted by molar-refractivity contribution is -0.135. The van der Waals surface area contributed by atoms with Gasteiger partial charge in [-0.05, 0) is 43.7 Å². The normalized spacial score (nSPS) is 21.8. The second-order valence-electron chi connectivity index (χ2n) is 7.13. The van der Waals surface area contributed by atoms with Crippen LogP contribution in [0.4, 0.5) is 10.5 Å². The number of benzene rings is 1. The Morgan fingerprint density at radius 3 is 2.59 bits per heavy atom. The number of carbonyl (C=O) groups excluding carboxylic acids is 4. The van der Waals surface area contributed by atoms with Crippen LogP contribution in [-0.4, -0.2) is 47.3 Å². The molecule has 2 aliphatic rings. The van der Waals surface area contributed by atoms with E-state index < -0.39 is 24.0 Å². The van der Waals surface area contributed by atoms with E-state index in [1.165, 1.54) is 0 Å². The van der Waals surface area contributed by atoms with Crippen molar-refractivity contribution in [2.45, 2.75) is 38.6 Å². The van der Waals surface area contributed by atoms with E-state index in [0.29, 0.717) is 5.69 Å². The number of urea groups is 1. The summed E-state index contributed by atoms with van der Waals surface area (Å²) in [5.74, 6) is -1.18. The molecule has 27 heavy (non-hydrogen) atoms. The first-order valence-corrected chi connectivity index (χ1v) is 9.13. The number of carbonyl (C=O) groups is 4. The molecule has 1 aliphatic carbocycles. The van der Waals surface area contributed by atoms with E-state index in [1.807, 2.05) is 25.1 Å². The van der Waals surface area contributed by atoms with Gasteiger partial charge in [0, 0.05) is 5.69 Å². The van der Waals surface area contributed by atoms with Crippen LogP contribution in [-0.2, 0) is 20.8 Å². The molecular formula is C19H24N4O4. The third-order valence-corrected chi connectivity index (χ3v) is 5.12. The maximum Gasteiger partial charge on any atom is 0.325 e. The van der Waals surface area contributed by atoms with Gasteiger partial charge in [0.05, 0.1) is 6.54 Å². The van der Waals surface area contributed by atoms with Crippen LogP contribution in [0.1, 0.15) is 32.3 Å². The second kappa shape index (κ2) is 7.38. The summed E-state index contributed by atoms with van der Waals surface area (Å²) >= 11 is 0. The van der Waals surface area contributed by atoms with Crippen molar-refractivity contribution in [3.8, 4) is 0 Å². The van der Waals surface area contributed by atoms with Crippen LogP contribution in [0, 0.1) is 5.92 Å².